The lowest BCUT2D eigenvalue weighted by atomic mass is 9.90. The van der Waals surface area contributed by atoms with Crippen LogP contribution in [-0.4, -0.2) is 30.5 Å². The van der Waals surface area contributed by atoms with Gasteiger partial charge in [0.25, 0.3) is 11.6 Å². The Balaban J connectivity index is 1.61. The third-order valence-electron chi connectivity index (χ3n) is 4.53. The van der Waals surface area contributed by atoms with Crippen molar-refractivity contribution < 1.29 is 24.0 Å². The van der Waals surface area contributed by atoms with Gasteiger partial charge in [-0.2, -0.15) is 0 Å². The molecule has 2 aromatic rings. The lowest BCUT2D eigenvalue weighted by Crippen LogP contribution is -2.21. The highest BCUT2D eigenvalue weighted by molar-refractivity contribution is 7.14. The van der Waals surface area contributed by atoms with E-state index in [9.17, 15) is 19.7 Å². The van der Waals surface area contributed by atoms with Crippen LogP contribution < -0.4 is 10.1 Å². The molecule has 0 saturated carbocycles. The van der Waals surface area contributed by atoms with Crippen LogP contribution in [0.4, 0.5) is 11.4 Å². The number of carbonyl (C=O) groups excluding carboxylic acids is 2. The van der Waals surface area contributed by atoms with Crippen LogP contribution in [0, 0.1) is 16.0 Å². The molecule has 1 atom stereocenters. The van der Waals surface area contributed by atoms with Crippen molar-refractivity contribution >= 4 is 34.6 Å². The van der Waals surface area contributed by atoms with Crippen LogP contribution in [0.15, 0.2) is 24.3 Å². The molecule has 0 fully saturated rings. The summed E-state index contributed by atoms with van der Waals surface area (Å²) in [4.78, 5) is 36.4. The Hall–Kier alpha value is -2.94. The number of nitrogens with one attached hydrogen (secondary N) is 1. The number of ether oxygens (including phenoxy) is 2. The Morgan fingerprint density at radius 1 is 1.36 bits per heavy atom. The summed E-state index contributed by atoms with van der Waals surface area (Å²) in [5.74, 6) is -0.290. The molecular weight excluding hydrogens is 384 g/mol. The number of thiophene rings is 1. The zero-order chi connectivity index (χ0) is 20.3. The molecule has 1 aliphatic carbocycles. The Labute approximate surface area is 165 Å². The maximum atomic E-state index is 12.3. The first-order valence-electron chi connectivity index (χ1n) is 8.78. The first kappa shape index (κ1) is 19.8. The van der Waals surface area contributed by atoms with Crippen molar-refractivity contribution in [2.45, 2.75) is 26.2 Å². The molecule has 0 unspecified atom stereocenters. The molecule has 28 heavy (non-hydrogen) atoms. The van der Waals surface area contributed by atoms with Crippen molar-refractivity contribution in [2.75, 3.05) is 19.0 Å². The Kier molecular flexibility index (Phi) is 5.93. The fourth-order valence-corrected chi connectivity index (χ4v) is 4.20. The molecule has 8 nitrogen and oxygen atoms in total. The van der Waals surface area contributed by atoms with Crippen LogP contribution in [0.25, 0.3) is 0 Å². The zero-order valence-electron chi connectivity index (χ0n) is 15.5. The van der Waals surface area contributed by atoms with E-state index < -0.39 is 23.4 Å². The first-order valence-corrected chi connectivity index (χ1v) is 9.60. The number of rotatable bonds is 6. The van der Waals surface area contributed by atoms with Crippen LogP contribution in [0.3, 0.4) is 0 Å². The van der Waals surface area contributed by atoms with Gasteiger partial charge >= 0.3 is 5.97 Å². The van der Waals surface area contributed by atoms with Gasteiger partial charge in [0, 0.05) is 17.0 Å². The van der Waals surface area contributed by atoms with E-state index in [0.29, 0.717) is 10.8 Å². The van der Waals surface area contributed by atoms with E-state index in [1.165, 1.54) is 47.1 Å². The van der Waals surface area contributed by atoms with E-state index in [1.54, 1.807) is 0 Å². The minimum Gasteiger partial charge on any atom is -0.495 e. The summed E-state index contributed by atoms with van der Waals surface area (Å²) >= 11 is 1.41. The van der Waals surface area contributed by atoms with Gasteiger partial charge in [-0.3, -0.25) is 14.9 Å². The standard InChI is InChI=1S/C19H20N2O6S/c1-11-3-6-16-12(7-11)8-17(28-16)19(23)27-10-18(22)20-14-9-13(21(24)25)4-5-15(14)26-2/h4-5,8-9,11H,3,6-7,10H2,1-2H3,(H,20,22)/t11-/m1/s1. The predicted octanol–water partition coefficient (Wildman–Crippen LogP) is 3.59. The van der Waals surface area contributed by atoms with Crippen molar-refractivity contribution in [3.8, 4) is 5.75 Å². The average molecular weight is 404 g/mol. The number of benzene rings is 1. The third kappa shape index (κ3) is 4.48. The van der Waals surface area contributed by atoms with Crippen molar-refractivity contribution in [3.63, 3.8) is 0 Å². The second kappa shape index (κ2) is 8.39. The van der Waals surface area contributed by atoms with Gasteiger partial charge in [0.05, 0.1) is 17.7 Å². The van der Waals surface area contributed by atoms with Crippen molar-refractivity contribution in [1.82, 2.24) is 0 Å². The highest BCUT2D eigenvalue weighted by Crippen LogP contribution is 2.32. The Bertz CT molecular complexity index is 923. The third-order valence-corrected chi connectivity index (χ3v) is 5.75. The van der Waals surface area contributed by atoms with Crippen LogP contribution in [0.2, 0.25) is 0 Å². The number of carbonyl (C=O) groups is 2. The quantitative estimate of drug-likeness (QED) is 0.448. The largest absolute Gasteiger partial charge is 0.495 e. The van der Waals surface area contributed by atoms with E-state index >= 15 is 0 Å². The molecule has 0 aliphatic heterocycles. The van der Waals surface area contributed by atoms with Gasteiger partial charge < -0.3 is 14.8 Å². The Morgan fingerprint density at radius 3 is 2.86 bits per heavy atom. The number of nitro groups is 1. The number of hydrogen-bond acceptors (Lipinski definition) is 7. The Morgan fingerprint density at radius 2 is 2.14 bits per heavy atom. The van der Waals surface area contributed by atoms with Gasteiger partial charge in [0.15, 0.2) is 6.61 Å². The van der Waals surface area contributed by atoms with Crippen molar-refractivity contribution in [1.29, 1.82) is 0 Å². The first-order chi connectivity index (χ1) is 13.4. The molecule has 0 bridgehead atoms. The molecule has 1 aromatic heterocycles. The summed E-state index contributed by atoms with van der Waals surface area (Å²) in [5, 5.41) is 13.4. The number of aryl methyl sites for hydroxylation is 1. The molecule has 3 rings (SSSR count). The fraction of sp³-hybridized carbons (Fsp3) is 0.368. The number of nitrogens with zero attached hydrogens (tertiary/aromatic N) is 1. The van der Waals surface area contributed by atoms with E-state index in [1.807, 2.05) is 6.07 Å². The second-order valence-electron chi connectivity index (χ2n) is 6.67. The topological polar surface area (TPSA) is 108 Å². The zero-order valence-corrected chi connectivity index (χ0v) is 16.3. The van der Waals surface area contributed by atoms with E-state index in [-0.39, 0.29) is 17.1 Å². The molecule has 1 amide bonds. The number of esters is 1. The average Bonchev–Trinajstić information content (AvgIpc) is 3.09. The molecule has 1 N–H and O–H groups in total. The van der Waals surface area contributed by atoms with E-state index in [0.717, 1.165) is 19.3 Å². The fourth-order valence-electron chi connectivity index (χ4n) is 3.10. The second-order valence-corrected chi connectivity index (χ2v) is 7.81. The number of non-ortho nitro benzene ring substituents is 1. The summed E-state index contributed by atoms with van der Waals surface area (Å²) in [6, 6.07) is 5.69. The van der Waals surface area contributed by atoms with Gasteiger partial charge in [-0.25, -0.2) is 4.79 Å². The number of amides is 1. The van der Waals surface area contributed by atoms with Crippen molar-refractivity contribution in [3.05, 3.63) is 49.7 Å². The summed E-state index contributed by atoms with van der Waals surface area (Å²) < 4.78 is 10.2. The molecule has 0 saturated heterocycles. The maximum Gasteiger partial charge on any atom is 0.348 e. The molecule has 1 heterocycles. The van der Waals surface area contributed by atoms with Crippen molar-refractivity contribution in [2.24, 2.45) is 5.92 Å². The summed E-state index contributed by atoms with van der Waals surface area (Å²) in [6.07, 6.45) is 3.02. The number of hydrogen-bond donors (Lipinski definition) is 1. The minimum atomic E-state index is -0.609. The molecule has 1 aromatic carbocycles. The van der Waals surface area contributed by atoms with Gasteiger partial charge in [-0.1, -0.05) is 6.92 Å². The summed E-state index contributed by atoms with van der Waals surface area (Å²) in [6.45, 7) is 1.69. The number of anilines is 1. The van der Waals surface area contributed by atoms with Gasteiger partial charge in [-0.15, -0.1) is 11.3 Å². The lowest BCUT2D eigenvalue weighted by Gasteiger charge is -2.16. The lowest BCUT2D eigenvalue weighted by molar-refractivity contribution is -0.384. The van der Waals surface area contributed by atoms with Crippen LogP contribution in [0.1, 0.15) is 33.5 Å². The van der Waals surface area contributed by atoms with Crippen LogP contribution >= 0.6 is 11.3 Å². The highest BCUT2D eigenvalue weighted by atomic mass is 32.1. The van der Waals surface area contributed by atoms with E-state index in [4.69, 9.17) is 9.47 Å². The van der Waals surface area contributed by atoms with E-state index in [2.05, 4.69) is 12.2 Å². The normalized spacial score (nSPS) is 15.4. The molecule has 9 heteroatoms. The molecule has 0 spiro atoms. The predicted molar refractivity (Wildman–Crippen MR) is 104 cm³/mol. The van der Waals surface area contributed by atoms with Crippen LogP contribution in [0.5, 0.6) is 5.75 Å². The smallest absolute Gasteiger partial charge is 0.348 e. The number of methoxy groups -OCH3 is 1. The monoisotopic (exact) mass is 404 g/mol. The van der Waals surface area contributed by atoms with Crippen LogP contribution in [-0.2, 0) is 22.4 Å². The summed E-state index contributed by atoms with van der Waals surface area (Å²) in [5.41, 5.74) is 1.13. The number of fused-ring (bicyclic) bond motifs is 1. The van der Waals surface area contributed by atoms with Gasteiger partial charge in [0.2, 0.25) is 0 Å². The molecule has 148 valence electrons. The van der Waals surface area contributed by atoms with Gasteiger partial charge in [0.1, 0.15) is 10.6 Å². The SMILES string of the molecule is COc1ccc([N+](=O)[O-])cc1NC(=O)COC(=O)c1cc2c(s1)CC[C@@H](C)C2. The highest BCUT2D eigenvalue weighted by Gasteiger charge is 2.22. The summed E-state index contributed by atoms with van der Waals surface area (Å²) in [7, 11) is 1.39. The molecule has 1 aliphatic rings. The minimum absolute atomic E-state index is 0.137. The molecule has 0 radical (unpaired) electrons. The van der Waals surface area contributed by atoms with Gasteiger partial charge in [-0.05, 0) is 42.9 Å². The maximum absolute atomic E-state index is 12.3. The number of nitro benzene ring substituents is 1. The molecular formula is C19H20N2O6S.